The Hall–Kier alpha value is -2.28. The summed E-state index contributed by atoms with van der Waals surface area (Å²) >= 11 is 0. The van der Waals surface area contributed by atoms with Crippen LogP contribution in [0.15, 0.2) is 29.4 Å². The normalized spacial score (nSPS) is 22.0. The van der Waals surface area contributed by atoms with Crippen molar-refractivity contribution in [3.05, 3.63) is 35.6 Å². The van der Waals surface area contributed by atoms with Crippen molar-refractivity contribution in [1.82, 2.24) is 10.3 Å². The Kier molecular flexibility index (Phi) is 4.15. The van der Waals surface area contributed by atoms with Crippen LogP contribution in [0.1, 0.15) is 24.5 Å². The number of ether oxygens (including phenoxy) is 1. The number of amides is 2. The summed E-state index contributed by atoms with van der Waals surface area (Å²) in [5.74, 6) is -0.669. The van der Waals surface area contributed by atoms with Gasteiger partial charge >= 0.3 is 0 Å². The Morgan fingerprint density at radius 2 is 2.09 bits per heavy atom. The highest BCUT2D eigenvalue weighted by molar-refractivity contribution is 6.39. The van der Waals surface area contributed by atoms with E-state index in [1.54, 1.807) is 17.0 Å². The van der Waals surface area contributed by atoms with E-state index in [9.17, 15) is 14.0 Å². The van der Waals surface area contributed by atoms with Gasteiger partial charge in [0, 0.05) is 19.4 Å². The smallest absolute Gasteiger partial charge is 0.270 e. The number of halogens is 1. The van der Waals surface area contributed by atoms with E-state index in [0.717, 1.165) is 5.56 Å². The highest BCUT2D eigenvalue weighted by Crippen LogP contribution is 2.23. The number of hydrogen-bond donors (Lipinski definition) is 1. The number of benzene rings is 1. The second-order valence-corrected chi connectivity index (χ2v) is 5.26. The molecule has 2 heterocycles. The Bertz CT molecular complexity index is 615. The average Bonchev–Trinajstić information content (AvgIpc) is 2.56. The molecular weight excluding hydrogens is 289 g/mol. The summed E-state index contributed by atoms with van der Waals surface area (Å²) < 4.78 is 18.6. The standard InChI is InChI=1S/C15H16FN3O3/c16-11-3-1-10(2-4-11)13-9-19(7-8-22-13)15(21)12-5-6-14(20)18-17-12/h1-4,13H,5-9H2,(H,18,20). The molecule has 116 valence electrons. The van der Waals surface area contributed by atoms with E-state index in [2.05, 4.69) is 10.5 Å². The van der Waals surface area contributed by atoms with Gasteiger partial charge in [0.15, 0.2) is 0 Å². The van der Waals surface area contributed by atoms with Gasteiger partial charge in [-0.2, -0.15) is 5.10 Å². The van der Waals surface area contributed by atoms with Crippen molar-refractivity contribution in [1.29, 1.82) is 0 Å². The van der Waals surface area contributed by atoms with Gasteiger partial charge in [-0.15, -0.1) is 0 Å². The molecule has 7 heteroatoms. The first-order chi connectivity index (χ1) is 10.6. The van der Waals surface area contributed by atoms with Gasteiger partial charge in [-0.3, -0.25) is 9.59 Å². The van der Waals surface area contributed by atoms with Crippen LogP contribution < -0.4 is 5.43 Å². The van der Waals surface area contributed by atoms with E-state index in [4.69, 9.17) is 4.74 Å². The van der Waals surface area contributed by atoms with E-state index < -0.39 is 0 Å². The molecule has 1 unspecified atom stereocenters. The largest absolute Gasteiger partial charge is 0.370 e. The fourth-order valence-electron chi connectivity index (χ4n) is 2.52. The third kappa shape index (κ3) is 3.14. The van der Waals surface area contributed by atoms with Crippen molar-refractivity contribution in [2.45, 2.75) is 18.9 Å². The first kappa shape index (κ1) is 14.6. The Balaban J connectivity index is 1.69. The van der Waals surface area contributed by atoms with Crippen LogP contribution in [0.25, 0.3) is 0 Å². The number of rotatable bonds is 2. The number of hydrogen-bond acceptors (Lipinski definition) is 4. The molecule has 1 aromatic rings. The number of nitrogens with zero attached hydrogens (tertiary/aromatic N) is 2. The topological polar surface area (TPSA) is 71.0 Å². The van der Waals surface area contributed by atoms with E-state index in [-0.39, 0.29) is 30.2 Å². The van der Waals surface area contributed by atoms with Crippen molar-refractivity contribution in [3.63, 3.8) is 0 Å². The molecule has 2 aliphatic heterocycles. The summed E-state index contributed by atoms with van der Waals surface area (Å²) in [4.78, 5) is 25.2. The molecule has 0 aliphatic carbocycles. The molecular formula is C15H16FN3O3. The molecule has 6 nitrogen and oxygen atoms in total. The molecule has 1 aromatic carbocycles. The quantitative estimate of drug-likeness (QED) is 0.886. The molecule has 0 saturated carbocycles. The van der Waals surface area contributed by atoms with Crippen LogP contribution in [-0.4, -0.2) is 42.1 Å². The second kappa shape index (κ2) is 6.23. The lowest BCUT2D eigenvalue weighted by atomic mass is 10.1. The maximum absolute atomic E-state index is 13.0. The lowest BCUT2D eigenvalue weighted by molar-refractivity contribution is -0.132. The minimum absolute atomic E-state index is 0.178. The predicted molar refractivity (Wildman–Crippen MR) is 76.5 cm³/mol. The fourth-order valence-corrected chi connectivity index (χ4v) is 2.52. The number of nitrogens with one attached hydrogen (secondary N) is 1. The molecule has 0 aromatic heterocycles. The van der Waals surface area contributed by atoms with Crippen LogP contribution in [0.3, 0.4) is 0 Å². The second-order valence-electron chi connectivity index (χ2n) is 5.26. The minimum atomic E-state index is -0.306. The van der Waals surface area contributed by atoms with Crippen molar-refractivity contribution >= 4 is 17.5 Å². The minimum Gasteiger partial charge on any atom is -0.370 e. The van der Waals surface area contributed by atoms with Gasteiger partial charge in [0.05, 0.1) is 13.2 Å². The van der Waals surface area contributed by atoms with E-state index in [1.807, 2.05) is 0 Å². The van der Waals surface area contributed by atoms with E-state index in [1.165, 1.54) is 12.1 Å². The number of hydrazone groups is 1. The van der Waals surface area contributed by atoms with Crippen LogP contribution in [0.5, 0.6) is 0 Å². The molecule has 0 bridgehead atoms. The molecule has 2 amide bonds. The van der Waals surface area contributed by atoms with Gasteiger partial charge in [0.2, 0.25) is 5.91 Å². The van der Waals surface area contributed by atoms with Crippen molar-refractivity contribution < 1.29 is 18.7 Å². The summed E-state index contributed by atoms with van der Waals surface area (Å²) in [6.45, 7) is 1.27. The third-order valence-corrected chi connectivity index (χ3v) is 3.75. The summed E-state index contributed by atoms with van der Waals surface area (Å²) in [5.41, 5.74) is 3.52. The van der Waals surface area contributed by atoms with Crippen molar-refractivity contribution in [2.24, 2.45) is 5.10 Å². The van der Waals surface area contributed by atoms with Gasteiger partial charge in [-0.05, 0) is 17.7 Å². The highest BCUT2D eigenvalue weighted by atomic mass is 19.1. The maximum Gasteiger partial charge on any atom is 0.270 e. The Morgan fingerprint density at radius 3 is 2.77 bits per heavy atom. The van der Waals surface area contributed by atoms with Crippen LogP contribution >= 0.6 is 0 Å². The van der Waals surface area contributed by atoms with Gasteiger partial charge in [0.1, 0.15) is 17.6 Å². The Labute approximate surface area is 126 Å². The van der Waals surface area contributed by atoms with Crippen LogP contribution in [0.4, 0.5) is 4.39 Å². The molecule has 3 rings (SSSR count). The molecule has 1 atom stereocenters. The third-order valence-electron chi connectivity index (χ3n) is 3.75. The Morgan fingerprint density at radius 1 is 1.32 bits per heavy atom. The molecule has 1 fully saturated rings. The number of morpholine rings is 1. The molecule has 2 aliphatic rings. The van der Waals surface area contributed by atoms with Crippen LogP contribution in [0.2, 0.25) is 0 Å². The molecule has 1 N–H and O–H groups in total. The maximum atomic E-state index is 13.0. The SMILES string of the molecule is O=C1CCC(C(=O)N2CCOC(c3ccc(F)cc3)C2)=NN1. The average molecular weight is 305 g/mol. The zero-order valence-corrected chi connectivity index (χ0v) is 11.9. The molecule has 22 heavy (non-hydrogen) atoms. The zero-order valence-electron chi connectivity index (χ0n) is 11.9. The van der Waals surface area contributed by atoms with E-state index in [0.29, 0.717) is 31.8 Å². The van der Waals surface area contributed by atoms with Gasteiger partial charge in [-0.1, -0.05) is 12.1 Å². The molecule has 1 saturated heterocycles. The summed E-state index contributed by atoms with van der Waals surface area (Å²) in [6, 6.07) is 6.07. The zero-order chi connectivity index (χ0) is 15.5. The van der Waals surface area contributed by atoms with Gasteiger partial charge in [-0.25, -0.2) is 9.82 Å². The molecule has 0 radical (unpaired) electrons. The van der Waals surface area contributed by atoms with Crippen LogP contribution in [0, 0.1) is 5.82 Å². The summed E-state index contributed by atoms with van der Waals surface area (Å²) in [7, 11) is 0. The van der Waals surface area contributed by atoms with Gasteiger partial charge in [0.25, 0.3) is 5.91 Å². The summed E-state index contributed by atoms with van der Waals surface area (Å²) in [5, 5.41) is 3.83. The van der Waals surface area contributed by atoms with Crippen LogP contribution in [-0.2, 0) is 14.3 Å². The number of carbonyl (C=O) groups is 2. The molecule has 0 spiro atoms. The highest BCUT2D eigenvalue weighted by Gasteiger charge is 2.29. The van der Waals surface area contributed by atoms with Crippen molar-refractivity contribution in [3.8, 4) is 0 Å². The predicted octanol–water partition coefficient (Wildman–Crippen LogP) is 0.992. The van der Waals surface area contributed by atoms with Crippen molar-refractivity contribution in [2.75, 3.05) is 19.7 Å². The number of carbonyl (C=O) groups excluding carboxylic acids is 2. The fraction of sp³-hybridized carbons (Fsp3) is 0.400. The van der Waals surface area contributed by atoms with Gasteiger partial charge < -0.3 is 9.64 Å². The lowest BCUT2D eigenvalue weighted by Gasteiger charge is -2.33. The first-order valence-electron chi connectivity index (χ1n) is 7.15. The lowest BCUT2D eigenvalue weighted by Crippen LogP contribution is -2.46. The summed E-state index contributed by atoms with van der Waals surface area (Å²) in [6.07, 6.45) is 0.344. The van der Waals surface area contributed by atoms with E-state index >= 15 is 0 Å². The monoisotopic (exact) mass is 305 g/mol. The first-order valence-corrected chi connectivity index (χ1v) is 7.15.